The van der Waals surface area contributed by atoms with Gasteiger partial charge in [-0.1, -0.05) is 278 Å². The number of aliphatic hydroxyl groups excluding tert-OH is 3. The molecule has 0 spiro atoms. The van der Waals surface area contributed by atoms with Gasteiger partial charge in [-0.25, -0.2) is 0 Å². The van der Waals surface area contributed by atoms with Gasteiger partial charge in [0.15, 0.2) is 0 Å². The molecular formula is C72H149N7O6. The first-order chi connectivity index (χ1) is 41.8. The fraction of sp³-hybridized carbons (Fsp3) is 0.958. The van der Waals surface area contributed by atoms with Crippen LogP contribution in [0.2, 0.25) is 0 Å². The molecule has 0 radical (unpaired) electrons. The van der Waals surface area contributed by atoms with E-state index in [1.165, 1.54) is 250 Å². The number of hydrogen-bond acceptors (Lipinski definition) is 10. The molecule has 0 aromatic heterocycles. The number of nitrogens with one attached hydrogen (secondary N) is 4. The second-order valence-electron chi connectivity index (χ2n) is 25.2. The van der Waals surface area contributed by atoms with Gasteiger partial charge in [0.25, 0.3) is 0 Å². The minimum Gasteiger partial charge on any atom is -0.395 e. The van der Waals surface area contributed by atoms with Gasteiger partial charge in [0.1, 0.15) is 0 Å². The van der Waals surface area contributed by atoms with Gasteiger partial charge in [-0.2, -0.15) is 0 Å². The molecule has 85 heavy (non-hydrogen) atoms. The largest absolute Gasteiger partial charge is 0.395 e. The lowest BCUT2D eigenvalue weighted by Gasteiger charge is -2.25. The lowest BCUT2D eigenvalue weighted by Crippen LogP contribution is -2.37. The molecule has 0 atom stereocenters. The molecule has 508 valence electrons. The molecule has 13 nitrogen and oxygen atoms in total. The lowest BCUT2D eigenvalue weighted by molar-refractivity contribution is -0.122. The third kappa shape index (κ3) is 71.1. The highest BCUT2D eigenvalue weighted by Gasteiger charge is 2.13. The SMILES string of the molecule is CCCCCCCCCCCCCCCCNC(=O)CCN(CCCN(CCO)CCO)CCC(=O)NCCCCCCCCCCCCCCCC.CCCCCCCCCCCCCCCCNC(=O)CCNCCCN(CCC)CCO. The maximum absolute atomic E-state index is 12.7. The Morgan fingerprint density at radius 2 is 0.482 bits per heavy atom. The van der Waals surface area contributed by atoms with E-state index in [0.717, 1.165) is 104 Å². The summed E-state index contributed by atoms with van der Waals surface area (Å²) in [4.78, 5) is 43.8. The summed E-state index contributed by atoms with van der Waals surface area (Å²) in [6.45, 7) is 20.1. The van der Waals surface area contributed by atoms with Crippen molar-refractivity contribution < 1.29 is 29.7 Å². The van der Waals surface area contributed by atoms with Crippen molar-refractivity contribution in [3.05, 3.63) is 0 Å². The van der Waals surface area contributed by atoms with Crippen LogP contribution in [0.5, 0.6) is 0 Å². The second kappa shape index (κ2) is 74.6. The molecule has 0 heterocycles. The summed E-state index contributed by atoms with van der Waals surface area (Å²) >= 11 is 0. The van der Waals surface area contributed by atoms with E-state index in [9.17, 15) is 24.6 Å². The molecule has 0 aromatic carbocycles. The third-order valence-electron chi connectivity index (χ3n) is 17.0. The summed E-state index contributed by atoms with van der Waals surface area (Å²) in [5.41, 5.74) is 0. The van der Waals surface area contributed by atoms with E-state index < -0.39 is 0 Å². The highest BCUT2D eigenvalue weighted by Crippen LogP contribution is 2.16. The number of amides is 3. The highest BCUT2D eigenvalue weighted by atomic mass is 16.3. The molecule has 0 aromatic rings. The Labute approximate surface area is 528 Å². The van der Waals surface area contributed by atoms with Gasteiger partial charge in [-0.3, -0.25) is 19.3 Å². The summed E-state index contributed by atoms with van der Waals surface area (Å²) < 4.78 is 0. The minimum absolute atomic E-state index is 0.0721. The van der Waals surface area contributed by atoms with Crippen molar-refractivity contribution in [1.82, 2.24) is 36.0 Å². The van der Waals surface area contributed by atoms with Crippen molar-refractivity contribution in [2.75, 3.05) is 111 Å². The zero-order valence-electron chi connectivity index (χ0n) is 57.4. The van der Waals surface area contributed by atoms with E-state index in [-0.39, 0.29) is 37.5 Å². The maximum atomic E-state index is 12.7. The van der Waals surface area contributed by atoms with E-state index in [0.29, 0.717) is 45.4 Å². The van der Waals surface area contributed by atoms with Crippen LogP contribution in [-0.4, -0.2) is 159 Å². The van der Waals surface area contributed by atoms with Gasteiger partial charge in [0, 0.05) is 78.2 Å². The number of carbonyl (C=O) groups is 3. The number of nitrogens with zero attached hydrogens (tertiary/aromatic N) is 3. The van der Waals surface area contributed by atoms with Gasteiger partial charge < -0.3 is 46.4 Å². The standard InChI is InChI=1S/C45H92N4O4.C27H57N3O2/c1-3-5-7-9-11-13-15-17-19-21-23-25-27-29-34-46-44(52)32-38-48(36-31-37-49(40-42-50)41-43-51)39-33-45(53)47-35-30-28-26-24-22-20-18-16-14-12-10-8-6-4-2;1-3-5-6-7-8-9-10-11-12-13-14-15-16-17-21-29-27(32)19-22-28-20-18-24-30(23-4-2)25-26-31/h50-51H,3-43H2,1-2H3,(H,46,52)(H,47,53);28,31H,3-26H2,1-2H3,(H,29,32). The van der Waals surface area contributed by atoms with Crippen LogP contribution in [-0.2, 0) is 14.4 Å². The van der Waals surface area contributed by atoms with Crippen molar-refractivity contribution in [1.29, 1.82) is 0 Å². The minimum atomic E-state index is 0.0721. The van der Waals surface area contributed by atoms with Gasteiger partial charge in [0.05, 0.1) is 19.8 Å². The molecule has 0 aliphatic heterocycles. The quantitative estimate of drug-likeness (QED) is 0.0291. The molecule has 3 amide bonds. The Morgan fingerprint density at radius 3 is 0.765 bits per heavy atom. The van der Waals surface area contributed by atoms with Gasteiger partial charge >= 0.3 is 0 Å². The van der Waals surface area contributed by atoms with Gasteiger partial charge in [0.2, 0.25) is 17.7 Å². The van der Waals surface area contributed by atoms with Crippen LogP contribution in [0.4, 0.5) is 0 Å². The molecular weight excluding hydrogens is 1060 g/mol. The average Bonchev–Trinajstić information content (AvgIpc) is 3.50. The van der Waals surface area contributed by atoms with Gasteiger partial charge in [-0.15, -0.1) is 0 Å². The zero-order valence-corrected chi connectivity index (χ0v) is 57.4. The van der Waals surface area contributed by atoms with Crippen LogP contribution >= 0.6 is 0 Å². The van der Waals surface area contributed by atoms with Gasteiger partial charge in [-0.05, 0) is 71.2 Å². The van der Waals surface area contributed by atoms with E-state index in [4.69, 9.17) is 5.11 Å². The number of carbonyl (C=O) groups excluding carboxylic acids is 3. The molecule has 0 aliphatic carbocycles. The number of unbranched alkanes of at least 4 members (excludes halogenated alkanes) is 39. The Morgan fingerprint density at radius 1 is 0.235 bits per heavy atom. The monoisotopic (exact) mass is 1210 g/mol. The molecule has 0 bridgehead atoms. The van der Waals surface area contributed by atoms with Crippen LogP contribution in [0, 0.1) is 0 Å². The highest BCUT2D eigenvalue weighted by molar-refractivity contribution is 5.77. The van der Waals surface area contributed by atoms with E-state index in [1.54, 1.807) is 0 Å². The molecule has 0 unspecified atom stereocenters. The lowest BCUT2D eigenvalue weighted by atomic mass is 10.0. The summed E-state index contributed by atoms with van der Waals surface area (Å²) in [7, 11) is 0. The molecule has 0 rings (SSSR count). The van der Waals surface area contributed by atoms with Crippen LogP contribution in [0.3, 0.4) is 0 Å². The predicted octanol–water partition coefficient (Wildman–Crippen LogP) is 15.6. The molecule has 13 heteroatoms. The third-order valence-corrected chi connectivity index (χ3v) is 17.0. The van der Waals surface area contributed by atoms with Crippen LogP contribution < -0.4 is 21.3 Å². The number of rotatable bonds is 70. The number of hydrogen-bond donors (Lipinski definition) is 7. The topological polar surface area (TPSA) is 170 Å². The Hall–Kier alpha value is -1.87. The van der Waals surface area contributed by atoms with Crippen LogP contribution in [0.15, 0.2) is 0 Å². The summed E-state index contributed by atoms with van der Waals surface area (Å²) in [5, 5.41) is 40.4. The van der Waals surface area contributed by atoms with E-state index in [2.05, 4.69) is 63.7 Å². The van der Waals surface area contributed by atoms with Crippen molar-refractivity contribution in [3.8, 4) is 0 Å². The van der Waals surface area contributed by atoms with E-state index >= 15 is 0 Å². The molecule has 7 N–H and O–H groups in total. The summed E-state index contributed by atoms with van der Waals surface area (Å²) in [5.74, 6) is 0.350. The van der Waals surface area contributed by atoms with Crippen LogP contribution in [0.1, 0.15) is 336 Å². The fourth-order valence-corrected chi connectivity index (χ4v) is 11.4. The van der Waals surface area contributed by atoms with Crippen LogP contribution in [0.25, 0.3) is 0 Å². The predicted molar refractivity (Wildman–Crippen MR) is 367 cm³/mol. The summed E-state index contributed by atoms with van der Waals surface area (Å²) in [6.07, 6.45) is 60.8. The Kier molecular flexibility index (Phi) is 74.8. The Bertz CT molecular complexity index is 1260. The Balaban J connectivity index is 0. The smallest absolute Gasteiger partial charge is 0.221 e. The maximum Gasteiger partial charge on any atom is 0.221 e. The molecule has 0 saturated carbocycles. The first-order valence-electron chi connectivity index (χ1n) is 37.3. The molecule has 0 aliphatic rings. The van der Waals surface area contributed by atoms with Crippen molar-refractivity contribution >= 4 is 17.7 Å². The first-order valence-corrected chi connectivity index (χ1v) is 37.3. The van der Waals surface area contributed by atoms with Crippen molar-refractivity contribution in [3.63, 3.8) is 0 Å². The zero-order chi connectivity index (χ0) is 62.3. The summed E-state index contributed by atoms with van der Waals surface area (Å²) in [6, 6.07) is 0. The second-order valence-corrected chi connectivity index (χ2v) is 25.2. The van der Waals surface area contributed by atoms with Crippen molar-refractivity contribution in [2.24, 2.45) is 0 Å². The fourth-order valence-electron chi connectivity index (χ4n) is 11.4. The van der Waals surface area contributed by atoms with Crippen molar-refractivity contribution in [2.45, 2.75) is 336 Å². The van der Waals surface area contributed by atoms with E-state index in [1.807, 2.05) is 0 Å². The first kappa shape index (κ1) is 85.2. The molecule has 0 saturated heterocycles. The normalized spacial score (nSPS) is 11.5. The molecule has 0 fully saturated rings. The number of aliphatic hydroxyl groups is 3. The average molecular weight is 1210 g/mol.